The first-order valence-electron chi connectivity index (χ1n) is 10.2. The van der Waals surface area contributed by atoms with Crippen molar-refractivity contribution in [3.63, 3.8) is 0 Å². The molecule has 0 spiro atoms. The molecule has 0 nitrogen and oxygen atoms in total. The van der Waals surface area contributed by atoms with Crippen molar-refractivity contribution in [2.45, 2.75) is 101 Å². The van der Waals surface area contributed by atoms with E-state index >= 15 is 0 Å². The van der Waals surface area contributed by atoms with Crippen LogP contribution >= 0.6 is 0 Å². The summed E-state index contributed by atoms with van der Waals surface area (Å²) < 4.78 is 0. The fourth-order valence-corrected chi connectivity index (χ4v) is 3.53. The highest BCUT2D eigenvalue weighted by Gasteiger charge is 2.43. The summed E-state index contributed by atoms with van der Waals surface area (Å²) in [4.78, 5) is 0. The van der Waals surface area contributed by atoms with Crippen molar-refractivity contribution < 1.29 is 0 Å². The minimum Gasteiger partial charge on any atom is -0.0683 e. The molecule has 0 saturated heterocycles. The van der Waals surface area contributed by atoms with Crippen LogP contribution in [0.4, 0.5) is 0 Å². The Labute approximate surface area is 149 Å². The van der Waals surface area contributed by atoms with Crippen LogP contribution in [0.3, 0.4) is 0 Å². The van der Waals surface area contributed by atoms with Crippen molar-refractivity contribution in [2.75, 3.05) is 0 Å². The molecule has 1 aliphatic rings. The highest BCUT2D eigenvalue weighted by atomic mass is 14.5. The van der Waals surface area contributed by atoms with E-state index < -0.39 is 0 Å². The van der Waals surface area contributed by atoms with Crippen LogP contribution in [-0.4, -0.2) is 0 Å². The third-order valence-corrected chi connectivity index (χ3v) is 4.39. The molecule has 1 aromatic carbocycles. The topological polar surface area (TPSA) is 0 Å². The Morgan fingerprint density at radius 1 is 0.696 bits per heavy atom. The lowest BCUT2D eigenvalue weighted by molar-refractivity contribution is 0.218. The van der Waals surface area contributed by atoms with Gasteiger partial charge in [0.25, 0.3) is 0 Å². The zero-order valence-electron chi connectivity index (χ0n) is 18.4. The van der Waals surface area contributed by atoms with E-state index in [1.807, 2.05) is 55.4 Å². The van der Waals surface area contributed by atoms with Gasteiger partial charge < -0.3 is 0 Å². The molecule has 1 aromatic rings. The van der Waals surface area contributed by atoms with Gasteiger partial charge in [0.2, 0.25) is 0 Å². The first-order chi connectivity index (χ1) is 11.1. The first kappa shape index (κ1) is 27.1. The Morgan fingerprint density at radius 3 is 1.48 bits per heavy atom. The van der Waals surface area contributed by atoms with Crippen LogP contribution in [0.5, 0.6) is 0 Å². The minimum absolute atomic E-state index is 0.427. The monoisotopic (exact) mass is 322 g/mol. The standard InChI is InChI=1S/C15H22.4C2H6/c1-11(2)15(12(3)4)10-9-13-7-5-6-8-14(13)15;4*1-2/h5-8,11-12H,9-10H2,1-4H3;4*1-2H3. The summed E-state index contributed by atoms with van der Waals surface area (Å²) in [5.41, 5.74) is 3.63. The van der Waals surface area contributed by atoms with Crippen molar-refractivity contribution in [3.8, 4) is 0 Å². The van der Waals surface area contributed by atoms with Gasteiger partial charge in [0.1, 0.15) is 0 Å². The number of fused-ring (bicyclic) bond motifs is 1. The Hall–Kier alpha value is -0.780. The van der Waals surface area contributed by atoms with Crippen LogP contribution in [0.25, 0.3) is 0 Å². The van der Waals surface area contributed by atoms with Crippen LogP contribution in [0, 0.1) is 11.8 Å². The zero-order chi connectivity index (χ0) is 19.1. The Bertz CT molecular complexity index is 339. The molecule has 138 valence electrons. The molecule has 0 radical (unpaired) electrons. The quantitative estimate of drug-likeness (QED) is 0.513. The minimum atomic E-state index is 0.427. The van der Waals surface area contributed by atoms with Crippen LogP contribution in [0.2, 0.25) is 0 Å². The van der Waals surface area contributed by atoms with E-state index in [1.165, 1.54) is 12.8 Å². The van der Waals surface area contributed by atoms with Gasteiger partial charge in [-0.3, -0.25) is 0 Å². The van der Waals surface area contributed by atoms with Crippen LogP contribution in [0.15, 0.2) is 24.3 Å². The molecule has 0 N–H and O–H groups in total. The molecular formula is C23H46. The molecular weight excluding hydrogens is 276 g/mol. The van der Waals surface area contributed by atoms with Gasteiger partial charge in [0.15, 0.2) is 0 Å². The lowest BCUT2D eigenvalue weighted by Crippen LogP contribution is -2.35. The largest absolute Gasteiger partial charge is 0.0683 e. The zero-order valence-corrected chi connectivity index (χ0v) is 18.4. The molecule has 0 aromatic heterocycles. The summed E-state index contributed by atoms with van der Waals surface area (Å²) in [7, 11) is 0. The van der Waals surface area contributed by atoms with Gasteiger partial charge >= 0.3 is 0 Å². The van der Waals surface area contributed by atoms with Gasteiger partial charge in [-0.1, -0.05) is 107 Å². The van der Waals surface area contributed by atoms with E-state index in [-0.39, 0.29) is 0 Å². The van der Waals surface area contributed by atoms with Gasteiger partial charge in [-0.15, -0.1) is 0 Å². The average Bonchev–Trinajstić information content (AvgIpc) is 3.03. The maximum Gasteiger partial charge on any atom is 0.000483 e. The molecule has 0 bridgehead atoms. The van der Waals surface area contributed by atoms with Gasteiger partial charge in [0, 0.05) is 5.41 Å². The maximum absolute atomic E-state index is 2.38. The first-order valence-corrected chi connectivity index (χ1v) is 10.2. The molecule has 2 rings (SSSR count). The van der Waals surface area contributed by atoms with Gasteiger partial charge in [-0.25, -0.2) is 0 Å². The lowest BCUT2D eigenvalue weighted by Gasteiger charge is -2.39. The summed E-state index contributed by atoms with van der Waals surface area (Å²) in [6.07, 6.45) is 2.61. The van der Waals surface area contributed by atoms with E-state index in [0.717, 1.165) is 11.8 Å². The van der Waals surface area contributed by atoms with E-state index in [1.54, 1.807) is 11.1 Å². The Morgan fingerprint density at radius 2 is 1.09 bits per heavy atom. The second kappa shape index (κ2) is 16.1. The van der Waals surface area contributed by atoms with Crippen molar-refractivity contribution in [3.05, 3.63) is 35.4 Å². The molecule has 0 atom stereocenters. The molecule has 0 unspecified atom stereocenters. The van der Waals surface area contributed by atoms with Crippen molar-refractivity contribution in [1.82, 2.24) is 0 Å². The van der Waals surface area contributed by atoms with Crippen LogP contribution in [0.1, 0.15) is 101 Å². The summed E-state index contributed by atoms with van der Waals surface area (Å²) in [5, 5.41) is 0. The normalized spacial score (nSPS) is 13.1. The van der Waals surface area contributed by atoms with Crippen LogP contribution in [-0.2, 0) is 11.8 Å². The smallest absolute Gasteiger partial charge is 0.000483 e. The SMILES string of the molecule is CC.CC.CC.CC.CC(C)C1(C(C)C)CCc2ccccc21. The van der Waals surface area contributed by atoms with Crippen molar-refractivity contribution in [1.29, 1.82) is 0 Å². The van der Waals surface area contributed by atoms with Crippen molar-refractivity contribution in [2.24, 2.45) is 11.8 Å². The highest BCUT2D eigenvalue weighted by Crippen LogP contribution is 2.49. The third kappa shape index (κ3) is 6.69. The average molecular weight is 323 g/mol. The number of aryl methyl sites for hydroxylation is 1. The Balaban J connectivity index is -0.000000438. The molecule has 0 heterocycles. The maximum atomic E-state index is 2.38. The van der Waals surface area contributed by atoms with E-state index in [4.69, 9.17) is 0 Å². The molecule has 0 heteroatoms. The van der Waals surface area contributed by atoms with E-state index in [2.05, 4.69) is 52.0 Å². The second-order valence-electron chi connectivity index (χ2n) is 5.51. The van der Waals surface area contributed by atoms with E-state index in [0.29, 0.717) is 5.41 Å². The van der Waals surface area contributed by atoms with Gasteiger partial charge in [-0.05, 0) is 35.8 Å². The number of hydrogen-bond acceptors (Lipinski definition) is 0. The number of rotatable bonds is 2. The highest BCUT2D eigenvalue weighted by molar-refractivity contribution is 5.40. The predicted octanol–water partition coefficient (Wildman–Crippen LogP) is 8.29. The van der Waals surface area contributed by atoms with Crippen molar-refractivity contribution >= 4 is 0 Å². The molecule has 0 amide bonds. The van der Waals surface area contributed by atoms with E-state index in [9.17, 15) is 0 Å². The second-order valence-corrected chi connectivity index (χ2v) is 5.51. The molecule has 23 heavy (non-hydrogen) atoms. The summed E-state index contributed by atoms with van der Waals surface area (Å²) >= 11 is 0. The fraction of sp³-hybridized carbons (Fsp3) is 0.739. The summed E-state index contributed by atoms with van der Waals surface area (Å²) in [5.74, 6) is 1.47. The van der Waals surface area contributed by atoms with Crippen LogP contribution < -0.4 is 0 Å². The third-order valence-electron chi connectivity index (χ3n) is 4.39. The van der Waals surface area contributed by atoms with Gasteiger partial charge in [0.05, 0.1) is 0 Å². The predicted molar refractivity (Wildman–Crippen MR) is 112 cm³/mol. The number of hydrogen-bond donors (Lipinski definition) is 0. The molecule has 0 fully saturated rings. The lowest BCUT2D eigenvalue weighted by atomic mass is 9.65. The number of benzene rings is 1. The fourth-order valence-electron chi connectivity index (χ4n) is 3.53. The summed E-state index contributed by atoms with van der Waals surface area (Å²) in [6.45, 7) is 25.5. The molecule has 1 aliphatic carbocycles. The molecule has 0 aliphatic heterocycles. The molecule has 0 saturated carbocycles. The Kier molecular flexibility index (Phi) is 18.9. The summed E-state index contributed by atoms with van der Waals surface area (Å²) in [6, 6.07) is 9.03. The van der Waals surface area contributed by atoms with Gasteiger partial charge in [-0.2, -0.15) is 0 Å².